The molecule has 1 amide bonds. The van der Waals surface area contributed by atoms with Gasteiger partial charge < -0.3 is 10.1 Å². The molecule has 0 fully saturated rings. The minimum Gasteiger partial charge on any atom is -0.371 e. The summed E-state index contributed by atoms with van der Waals surface area (Å²) in [6, 6.07) is 8.17. The molecule has 0 aliphatic carbocycles. The van der Waals surface area contributed by atoms with Gasteiger partial charge in [-0.05, 0) is 17.5 Å². The van der Waals surface area contributed by atoms with Crippen molar-refractivity contribution in [2.45, 2.75) is 12.5 Å². The van der Waals surface area contributed by atoms with Crippen molar-refractivity contribution >= 4 is 17.5 Å². The first kappa shape index (κ1) is 11.4. The average molecular weight is 240 g/mol. The van der Waals surface area contributed by atoms with Crippen molar-refractivity contribution in [1.29, 1.82) is 0 Å². The van der Waals surface area contributed by atoms with Gasteiger partial charge in [0.05, 0.1) is 6.61 Å². The summed E-state index contributed by atoms with van der Waals surface area (Å²) in [5.74, 6) is -0.165. The maximum Gasteiger partial charge on any atom is 0.235 e. The van der Waals surface area contributed by atoms with Crippen LogP contribution in [0.5, 0.6) is 0 Å². The lowest BCUT2D eigenvalue weighted by Crippen LogP contribution is -2.32. The molecule has 16 heavy (non-hydrogen) atoms. The second-order valence-electron chi connectivity index (χ2n) is 3.75. The van der Waals surface area contributed by atoms with Gasteiger partial charge in [0.2, 0.25) is 5.91 Å². The minimum absolute atomic E-state index is 0.00559. The number of alkyl halides is 1. The Balaban J connectivity index is 2.04. The van der Waals surface area contributed by atoms with E-state index in [1.807, 2.05) is 18.2 Å². The third kappa shape index (κ3) is 2.54. The van der Waals surface area contributed by atoms with Gasteiger partial charge in [0.25, 0.3) is 0 Å². The number of hydrogen-bond acceptors (Lipinski definition) is 2. The van der Waals surface area contributed by atoms with Gasteiger partial charge in [0.1, 0.15) is 12.0 Å². The molecule has 0 aromatic heterocycles. The summed E-state index contributed by atoms with van der Waals surface area (Å²) in [5.41, 5.74) is 2.47. The summed E-state index contributed by atoms with van der Waals surface area (Å²) in [7, 11) is 0. The van der Waals surface area contributed by atoms with Crippen LogP contribution >= 0.6 is 11.6 Å². The number of ether oxygens (including phenoxy) is 1. The van der Waals surface area contributed by atoms with E-state index >= 15 is 0 Å². The van der Waals surface area contributed by atoms with E-state index in [4.69, 9.17) is 16.3 Å². The highest BCUT2D eigenvalue weighted by atomic mass is 35.5. The standard InChI is InChI=1S/C12H14ClNO2/c13-7-12(15)14-8-11-10-4-2-1-3-9(10)5-6-16-11/h1-4,11H,5-8H2,(H,14,15)/t11-/m0/s1. The fraction of sp³-hybridized carbons (Fsp3) is 0.417. The third-order valence-electron chi connectivity index (χ3n) is 2.70. The molecule has 2 rings (SSSR count). The Labute approximate surface area is 99.7 Å². The number of carbonyl (C=O) groups is 1. The largest absolute Gasteiger partial charge is 0.371 e. The molecule has 1 N–H and O–H groups in total. The zero-order valence-electron chi connectivity index (χ0n) is 8.91. The van der Waals surface area contributed by atoms with Crippen LogP contribution < -0.4 is 5.32 Å². The minimum atomic E-state index is -0.159. The second-order valence-corrected chi connectivity index (χ2v) is 4.01. The van der Waals surface area contributed by atoms with Crippen molar-refractivity contribution in [2.75, 3.05) is 19.0 Å². The van der Waals surface area contributed by atoms with E-state index in [1.165, 1.54) is 11.1 Å². The van der Waals surface area contributed by atoms with Crippen molar-refractivity contribution in [1.82, 2.24) is 5.32 Å². The summed E-state index contributed by atoms with van der Waals surface area (Å²) in [4.78, 5) is 11.1. The molecule has 0 unspecified atom stereocenters. The number of rotatable bonds is 3. The maximum absolute atomic E-state index is 11.1. The molecule has 1 aromatic rings. The van der Waals surface area contributed by atoms with Crippen LogP contribution in [-0.2, 0) is 16.0 Å². The molecule has 0 saturated carbocycles. The van der Waals surface area contributed by atoms with Gasteiger partial charge in [-0.1, -0.05) is 24.3 Å². The lowest BCUT2D eigenvalue weighted by atomic mass is 9.97. The predicted molar refractivity (Wildman–Crippen MR) is 62.6 cm³/mol. The predicted octanol–water partition coefficient (Wildman–Crippen LogP) is 1.66. The molecule has 1 aliphatic heterocycles. The molecule has 1 aromatic carbocycles. The number of amides is 1. The van der Waals surface area contributed by atoms with Crippen LogP contribution in [0.25, 0.3) is 0 Å². The number of halogens is 1. The lowest BCUT2D eigenvalue weighted by Gasteiger charge is -2.26. The summed E-state index contributed by atoms with van der Waals surface area (Å²) in [6.07, 6.45) is 0.896. The zero-order valence-corrected chi connectivity index (χ0v) is 9.67. The van der Waals surface area contributed by atoms with Gasteiger partial charge in [0, 0.05) is 6.54 Å². The highest BCUT2D eigenvalue weighted by Gasteiger charge is 2.20. The van der Waals surface area contributed by atoms with Crippen molar-refractivity contribution in [3.63, 3.8) is 0 Å². The molecule has 1 aliphatic rings. The van der Waals surface area contributed by atoms with Gasteiger partial charge in [-0.15, -0.1) is 11.6 Å². The van der Waals surface area contributed by atoms with Crippen molar-refractivity contribution < 1.29 is 9.53 Å². The number of carbonyl (C=O) groups excluding carboxylic acids is 1. The van der Waals surface area contributed by atoms with Crippen LogP contribution in [0.1, 0.15) is 17.2 Å². The van der Waals surface area contributed by atoms with E-state index in [2.05, 4.69) is 11.4 Å². The molecule has 86 valence electrons. The maximum atomic E-state index is 11.1. The molecule has 0 spiro atoms. The number of hydrogen-bond donors (Lipinski definition) is 1. The smallest absolute Gasteiger partial charge is 0.235 e. The quantitative estimate of drug-likeness (QED) is 0.815. The van der Waals surface area contributed by atoms with Gasteiger partial charge >= 0.3 is 0 Å². The first-order valence-electron chi connectivity index (χ1n) is 5.33. The molecule has 0 saturated heterocycles. The highest BCUT2D eigenvalue weighted by molar-refractivity contribution is 6.27. The molecular formula is C12H14ClNO2. The van der Waals surface area contributed by atoms with E-state index in [0.717, 1.165) is 6.42 Å². The van der Waals surface area contributed by atoms with Crippen LogP contribution in [0.15, 0.2) is 24.3 Å². The van der Waals surface area contributed by atoms with Crippen LogP contribution in [0.4, 0.5) is 0 Å². The molecule has 1 heterocycles. The van der Waals surface area contributed by atoms with E-state index in [1.54, 1.807) is 0 Å². The average Bonchev–Trinajstić information content (AvgIpc) is 2.35. The molecule has 0 radical (unpaired) electrons. The van der Waals surface area contributed by atoms with Gasteiger partial charge in [-0.2, -0.15) is 0 Å². The SMILES string of the molecule is O=C(CCl)NC[C@@H]1OCCc2ccccc21. The second kappa shape index (κ2) is 5.32. The first-order valence-corrected chi connectivity index (χ1v) is 5.87. The molecular weight excluding hydrogens is 226 g/mol. The van der Waals surface area contributed by atoms with Crippen LogP contribution in [0, 0.1) is 0 Å². The Bertz CT molecular complexity index is 381. The molecule has 1 atom stereocenters. The van der Waals surface area contributed by atoms with Crippen molar-refractivity contribution in [3.05, 3.63) is 35.4 Å². The molecule has 0 bridgehead atoms. The van der Waals surface area contributed by atoms with Crippen LogP contribution in [-0.4, -0.2) is 24.9 Å². The fourth-order valence-electron chi connectivity index (χ4n) is 1.90. The normalized spacial score (nSPS) is 18.9. The van der Waals surface area contributed by atoms with Gasteiger partial charge in [-0.25, -0.2) is 0 Å². The summed E-state index contributed by atoms with van der Waals surface area (Å²) < 4.78 is 5.64. The van der Waals surface area contributed by atoms with E-state index in [9.17, 15) is 4.79 Å². The third-order valence-corrected chi connectivity index (χ3v) is 2.94. The zero-order chi connectivity index (χ0) is 11.4. The van der Waals surface area contributed by atoms with Crippen LogP contribution in [0.2, 0.25) is 0 Å². The van der Waals surface area contributed by atoms with E-state index in [0.29, 0.717) is 13.2 Å². The summed E-state index contributed by atoms with van der Waals surface area (Å²) >= 11 is 5.42. The Hall–Kier alpha value is -1.06. The summed E-state index contributed by atoms with van der Waals surface area (Å²) in [6.45, 7) is 1.20. The molecule has 4 heteroatoms. The van der Waals surface area contributed by atoms with Crippen molar-refractivity contribution in [2.24, 2.45) is 0 Å². The first-order chi connectivity index (χ1) is 7.81. The Kier molecular flexibility index (Phi) is 3.80. The Morgan fingerprint density at radius 1 is 1.50 bits per heavy atom. The topological polar surface area (TPSA) is 38.3 Å². The highest BCUT2D eigenvalue weighted by Crippen LogP contribution is 2.25. The van der Waals surface area contributed by atoms with Crippen LogP contribution in [0.3, 0.4) is 0 Å². The lowest BCUT2D eigenvalue weighted by molar-refractivity contribution is -0.119. The Morgan fingerprint density at radius 3 is 3.12 bits per heavy atom. The summed E-state index contributed by atoms with van der Waals surface area (Å²) in [5, 5.41) is 2.75. The fourth-order valence-corrected chi connectivity index (χ4v) is 1.99. The number of nitrogens with one attached hydrogen (secondary N) is 1. The van der Waals surface area contributed by atoms with Gasteiger partial charge in [-0.3, -0.25) is 4.79 Å². The van der Waals surface area contributed by atoms with Gasteiger partial charge in [0.15, 0.2) is 0 Å². The van der Waals surface area contributed by atoms with E-state index in [-0.39, 0.29) is 17.9 Å². The number of fused-ring (bicyclic) bond motifs is 1. The monoisotopic (exact) mass is 239 g/mol. The van der Waals surface area contributed by atoms with E-state index < -0.39 is 0 Å². The molecule has 3 nitrogen and oxygen atoms in total. The number of benzene rings is 1. The Morgan fingerprint density at radius 2 is 2.31 bits per heavy atom. The van der Waals surface area contributed by atoms with Crippen molar-refractivity contribution in [3.8, 4) is 0 Å².